The fraction of sp³-hybridized carbons (Fsp3) is 0.469. The number of carbonyl (C=O) groups excluding carboxylic acids is 3. The summed E-state index contributed by atoms with van der Waals surface area (Å²) in [6.45, 7) is 4.47. The number of halogens is 1. The van der Waals surface area contributed by atoms with E-state index in [9.17, 15) is 14.4 Å². The maximum Gasteiger partial charge on any atom is 0.246 e. The lowest BCUT2D eigenvalue weighted by molar-refractivity contribution is -0.141. The molecule has 40 heavy (non-hydrogen) atoms. The average Bonchev–Trinajstić information content (AvgIpc) is 3.57. The highest BCUT2D eigenvalue weighted by Gasteiger charge is 2.72. The maximum absolute atomic E-state index is 14.2. The standard InChI is InChI=1S/C32H36ClN3O4/c1-19-6-5-8-23(18-19)34-29(37)26-25-14-16-32(40-25)27(26)31(39)36(17-15-21-10-12-22(33)13-11-21)28(32)30(38)35-24-9-4-3-7-20(24)2/h5-6,8,10-14,16,18,20,24-28H,3-4,7,9,15,17H2,1-2H3,(H,34,37)(H,35,38)/t20-,24-,25+,26-,27+,28+,32+/m1/s1. The molecule has 7 nitrogen and oxygen atoms in total. The number of benzene rings is 2. The SMILES string of the molecule is Cc1cccc(NC(=O)[C@@H]2[C@@H]3C=C[C@]4(O3)[C@@H]2C(=O)N(CCc2ccc(Cl)cc2)[C@H]4C(=O)N[C@@H]2CCCC[C@H]2C)c1. The Hall–Kier alpha value is -3.16. The van der Waals surface area contributed by atoms with Crippen molar-refractivity contribution in [2.75, 3.05) is 11.9 Å². The van der Waals surface area contributed by atoms with Gasteiger partial charge in [0.15, 0.2) is 0 Å². The zero-order chi connectivity index (χ0) is 28.0. The molecule has 210 valence electrons. The van der Waals surface area contributed by atoms with Crippen LogP contribution in [0.25, 0.3) is 0 Å². The van der Waals surface area contributed by atoms with Crippen molar-refractivity contribution >= 4 is 35.0 Å². The zero-order valence-electron chi connectivity index (χ0n) is 22.9. The minimum Gasteiger partial charge on any atom is -0.359 e. The number of fused-ring (bicyclic) bond motifs is 1. The molecular weight excluding hydrogens is 526 g/mol. The number of nitrogens with one attached hydrogen (secondary N) is 2. The van der Waals surface area contributed by atoms with Gasteiger partial charge in [0.25, 0.3) is 0 Å². The Bertz CT molecular complexity index is 1340. The van der Waals surface area contributed by atoms with E-state index >= 15 is 0 Å². The molecule has 2 bridgehead atoms. The monoisotopic (exact) mass is 561 g/mol. The van der Waals surface area contributed by atoms with E-state index < -0.39 is 29.6 Å². The van der Waals surface area contributed by atoms with E-state index in [2.05, 4.69) is 17.6 Å². The molecule has 1 saturated carbocycles. The molecule has 4 aliphatic rings. The van der Waals surface area contributed by atoms with Crippen LogP contribution in [0.15, 0.2) is 60.7 Å². The molecule has 2 aromatic carbocycles. The molecule has 3 fully saturated rings. The summed E-state index contributed by atoms with van der Waals surface area (Å²) in [6, 6.07) is 14.3. The van der Waals surface area contributed by atoms with Crippen LogP contribution in [0.4, 0.5) is 5.69 Å². The summed E-state index contributed by atoms with van der Waals surface area (Å²) < 4.78 is 6.48. The van der Waals surface area contributed by atoms with E-state index in [0.29, 0.717) is 29.6 Å². The first kappa shape index (κ1) is 27.0. The van der Waals surface area contributed by atoms with Gasteiger partial charge >= 0.3 is 0 Å². The number of carbonyl (C=O) groups is 3. The van der Waals surface area contributed by atoms with E-state index in [1.54, 1.807) is 4.90 Å². The Morgan fingerprint density at radius 1 is 1.10 bits per heavy atom. The lowest BCUT2D eigenvalue weighted by Gasteiger charge is -2.36. The van der Waals surface area contributed by atoms with Gasteiger partial charge in [-0.3, -0.25) is 14.4 Å². The van der Waals surface area contributed by atoms with E-state index in [4.69, 9.17) is 16.3 Å². The predicted octanol–water partition coefficient (Wildman–Crippen LogP) is 4.68. The van der Waals surface area contributed by atoms with Gasteiger partial charge in [-0.2, -0.15) is 0 Å². The quantitative estimate of drug-likeness (QED) is 0.481. The number of nitrogens with zero attached hydrogens (tertiary/aromatic N) is 1. The molecule has 7 atom stereocenters. The molecule has 3 aliphatic heterocycles. The molecule has 8 heteroatoms. The third-order valence-electron chi connectivity index (χ3n) is 9.20. The number of amides is 3. The molecule has 1 spiro atoms. The van der Waals surface area contributed by atoms with Crippen LogP contribution in [0.2, 0.25) is 5.02 Å². The average molecular weight is 562 g/mol. The number of aryl methyl sites for hydroxylation is 1. The Morgan fingerprint density at radius 2 is 1.88 bits per heavy atom. The molecule has 0 aromatic heterocycles. The minimum absolute atomic E-state index is 0.0629. The Morgan fingerprint density at radius 3 is 2.62 bits per heavy atom. The molecule has 1 aliphatic carbocycles. The van der Waals surface area contributed by atoms with Crippen molar-refractivity contribution in [1.82, 2.24) is 10.2 Å². The van der Waals surface area contributed by atoms with Crippen molar-refractivity contribution in [3.8, 4) is 0 Å². The second kappa shape index (κ2) is 10.7. The van der Waals surface area contributed by atoms with Crippen molar-refractivity contribution in [2.24, 2.45) is 17.8 Å². The minimum atomic E-state index is -1.17. The summed E-state index contributed by atoms with van der Waals surface area (Å²) in [7, 11) is 0. The number of anilines is 1. The van der Waals surface area contributed by atoms with Gasteiger partial charge in [-0.15, -0.1) is 0 Å². The molecule has 0 unspecified atom stereocenters. The van der Waals surface area contributed by atoms with Crippen molar-refractivity contribution < 1.29 is 19.1 Å². The smallest absolute Gasteiger partial charge is 0.246 e. The second-order valence-electron chi connectivity index (χ2n) is 11.8. The summed E-state index contributed by atoms with van der Waals surface area (Å²) in [5.41, 5.74) is 1.55. The van der Waals surface area contributed by atoms with Crippen molar-refractivity contribution in [3.05, 3.63) is 76.8 Å². The lowest BCUT2D eigenvalue weighted by atomic mass is 9.74. The van der Waals surface area contributed by atoms with Crippen LogP contribution >= 0.6 is 11.6 Å². The van der Waals surface area contributed by atoms with Gasteiger partial charge in [0.2, 0.25) is 17.7 Å². The van der Waals surface area contributed by atoms with Crippen LogP contribution < -0.4 is 10.6 Å². The Balaban J connectivity index is 1.30. The van der Waals surface area contributed by atoms with Gasteiger partial charge in [0.05, 0.1) is 17.9 Å². The van der Waals surface area contributed by atoms with Crippen LogP contribution in [0, 0.1) is 24.7 Å². The lowest BCUT2D eigenvalue weighted by Crippen LogP contribution is -2.57. The number of hydrogen-bond acceptors (Lipinski definition) is 4. The third kappa shape index (κ3) is 4.73. The predicted molar refractivity (Wildman–Crippen MR) is 154 cm³/mol. The molecule has 3 heterocycles. The van der Waals surface area contributed by atoms with Crippen LogP contribution in [0.3, 0.4) is 0 Å². The molecular formula is C32H36ClN3O4. The highest BCUT2D eigenvalue weighted by Crippen LogP contribution is 2.55. The summed E-state index contributed by atoms with van der Waals surface area (Å²) in [5.74, 6) is -1.79. The first-order chi connectivity index (χ1) is 19.3. The topological polar surface area (TPSA) is 87.7 Å². The first-order valence-electron chi connectivity index (χ1n) is 14.4. The van der Waals surface area contributed by atoms with E-state index in [-0.39, 0.29) is 23.8 Å². The summed E-state index contributed by atoms with van der Waals surface area (Å²) in [4.78, 5) is 43.5. The third-order valence-corrected chi connectivity index (χ3v) is 9.46. The number of likely N-dealkylation sites (tertiary alicyclic amines) is 1. The largest absolute Gasteiger partial charge is 0.359 e. The molecule has 2 saturated heterocycles. The van der Waals surface area contributed by atoms with Crippen LogP contribution in [-0.4, -0.2) is 53.0 Å². The van der Waals surface area contributed by atoms with Crippen molar-refractivity contribution in [2.45, 2.75) is 69.7 Å². The zero-order valence-corrected chi connectivity index (χ0v) is 23.7. The van der Waals surface area contributed by atoms with Crippen LogP contribution in [0.5, 0.6) is 0 Å². The van der Waals surface area contributed by atoms with Crippen molar-refractivity contribution in [3.63, 3.8) is 0 Å². The molecule has 0 radical (unpaired) electrons. The number of hydrogen-bond donors (Lipinski definition) is 2. The van der Waals surface area contributed by atoms with Crippen molar-refractivity contribution in [1.29, 1.82) is 0 Å². The fourth-order valence-electron chi connectivity index (χ4n) is 7.15. The number of rotatable bonds is 7. The molecule has 2 N–H and O–H groups in total. The second-order valence-corrected chi connectivity index (χ2v) is 12.3. The maximum atomic E-state index is 14.2. The number of ether oxygens (including phenoxy) is 1. The Kier molecular flexibility index (Phi) is 7.21. The highest BCUT2D eigenvalue weighted by atomic mass is 35.5. The van der Waals surface area contributed by atoms with E-state index in [1.165, 1.54) is 6.42 Å². The van der Waals surface area contributed by atoms with Gasteiger partial charge in [0, 0.05) is 23.3 Å². The normalized spacial score (nSPS) is 32.3. The van der Waals surface area contributed by atoms with Gasteiger partial charge in [-0.25, -0.2) is 0 Å². The molecule has 6 rings (SSSR count). The highest BCUT2D eigenvalue weighted by molar-refractivity contribution is 6.30. The first-order valence-corrected chi connectivity index (χ1v) is 14.7. The molecule has 3 amide bonds. The summed E-state index contributed by atoms with van der Waals surface area (Å²) >= 11 is 6.07. The van der Waals surface area contributed by atoms with Gasteiger partial charge < -0.3 is 20.3 Å². The van der Waals surface area contributed by atoms with E-state index in [0.717, 1.165) is 30.4 Å². The molecule has 2 aromatic rings. The fourth-order valence-corrected chi connectivity index (χ4v) is 7.28. The summed E-state index contributed by atoms with van der Waals surface area (Å²) in [6.07, 6.45) is 7.97. The van der Waals surface area contributed by atoms with Gasteiger partial charge in [-0.05, 0) is 67.5 Å². The van der Waals surface area contributed by atoms with Crippen LogP contribution in [-0.2, 0) is 25.5 Å². The van der Waals surface area contributed by atoms with E-state index in [1.807, 2.05) is 67.6 Å². The summed E-state index contributed by atoms with van der Waals surface area (Å²) in [5, 5.41) is 6.92. The van der Waals surface area contributed by atoms with Gasteiger partial charge in [0.1, 0.15) is 11.6 Å². The van der Waals surface area contributed by atoms with Gasteiger partial charge in [-0.1, -0.05) is 67.8 Å². The Labute approximate surface area is 240 Å². The van der Waals surface area contributed by atoms with Crippen LogP contribution in [0.1, 0.15) is 43.7 Å².